The maximum Gasteiger partial charge on any atom is 0.184 e. The zero-order chi connectivity index (χ0) is 14.1. The lowest BCUT2D eigenvalue weighted by Gasteiger charge is -2.47. The number of thioether (sulfide) groups is 1. The number of ether oxygens (including phenoxy) is 3. The molecule has 110 valence electrons. The molecule has 2 aliphatic rings. The van der Waals surface area contributed by atoms with E-state index in [2.05, 4.69) is 20.1 Å². The molecule has 1 aromatic rings. The van der Waals surface area contributed by atoms with E-state index in [0.717, 1.165) is 5.56 Å². The van der Waals surface area contributed by atoms with Gasteiger partial charge in [-0.05, 0) is 18.1 Å². The Morgan fingerprint density at radius 1 is 1.05 bits per heavy atom. The first-order valence-corrected chi connectivity index (χ1v) is 8.49. The molecule has 2 aliphatic heterocycles. The maximum absolute atomic E-state index is 6.20. The number of hydrogen-bond acceptors (Lipinski definition) is 4. The van der Waals surface area contributed by atoms with Crippen LogP contribution in [0.3, 0.4) is 0 Å². The van der Waals surface area contributed by atoms with E-state index in [9.17, 15) is 0 Å². The summed E-state index contributed by atoms with van der Waals surface area (Å²) in [6, 6.07) is 10.1. The van der Waals surface area contributed by atoms with Gasteiger partial charge in [-0.15, -0.1) is 11.8 Å². The van der Waals surface area contributed by atoms with Crippen LogP contribution >= 0.6 is 11.8 Å². The maximum atomic E-state index is 6.20. The smallest absolute Gasteiger partial charge is 0.184 e. The summed E-state index contributed by atoms with van der Waals surface area (Å²) in [5, 5.41) is 0. The van der Waals surface area contributed by atoms with Crippen LogP contribution in [0.4, 0.5) is 0 Å². The van der Waals surface area contributed by atoms with E-state index < -0.39 is 0 Å². The average molecular weight is 294 g/mol. The molecule has 0 saturated carbocycles. The molecule has 3 unspecified atom stereocenters. The van der Waals surface area contributed by atoms with Gasteiger partial charge in [0.1, 0.15) is 11.5 Å². The second-order valence-electron chi connectivity index (χ2n) is 5.67. The number of benzene rings is 1. The van der Waals surface area contributed by atoms with E-state index in [4.69, 9.17) is 14.2 Å². The lowest BCUT2D eigenvalue weighted by atomic mass is 9.85. The largest absolute Gasteiger partial charge is 0.359 e. The number of rotatable bonds is 2. The summed E-state index contributed by atoms with van der Waals surface area (Å²) in [6.45, 7) is 5.12. The van der Waals surface area contributed by atoms with E-state index >= 15 is 0 Å². The Labute approximate surface area is 125 Å². The Kier molecular flexibility index (Phi) is 4.36. The fourth-order valence-electron chi connectivity index (χ4n) is 3.02. The molecule has 0 amide bonds. The molecule has 2 saturated heterocycles. The van der Waals surface area contributed by atoms with Gasteiger partial charge in [-0.3, -0.25) is 0 Å². The lowest BCUT2D eigenvalue weighted by molar-refractivity contribution is -0.300. The van der Waals surface area contributed by atoms with Crippen LogP contribution in [0, 0.1) is 11.8 Å². The van der Waals surface area contributed by atoms with E-state index in [1.807, 2.05) is 30.3 Å². The van der Waals surface area contributed by atoms with Crippen molar-refractivity contribution in [1.82, 2.24) is 0 Å². The minimum absolute atomic E-state index is 0.0543. The lowest BCUT2D eigenvalue weighted by Crippen LogP contribution is -2.54. The molecule has 0 bridgehead atoms. The summed E-state index contributed by atoms with van der Waals surface area (Å²) in [5.74, 6) is 0.960. The molecule has 0 aliphatic carbocycles. The Balaban J connectivity index is 1.74. The van der Waals surface area contributed by atoms with Crippen molar-refractivity contribution in [3.63, 3.8) is 0 Å². The zero-order valence-electron chi connectivity index (χ0n) is 12.2. The molecule has 6 atom stereocenters. The second-order valence-corrected chi connectivity index (χ2v) is 6.61. The van der Waals surface area contributed by atoms with Crippen LogP contribution in [-0.4, -0.2) is 30.5 Å². The molecule has 0 N–H and O–H groups in total. The molecule has 1 aromatic carbocycles. The molecular weight excluding hydrogens is 272 g/mol. The van der Waals surface area contributed by atoms with E-state index in [0.29, 0.717) is 18.4 Å². The Morgan fingerprint density at radius 3 is 2.50 bits per heavy atom. The van der Waals surface area contributed by atoms with Gasteiger partial charge in [0.2, 0.25) is 0 Å². The third-order valence-electron chi connectivity index (χ3n) is 4.45. The van der Waals surface area contributed by atoms with E-state index in [-0.39, 0.29) is 23.9 Å². The van der Waals surface area contributed by atoms with Crippen LogP contribution in [-0.2, 0) is 14.2 Å². The highest BCUT2D eigenvalue weighted by molar-refractivity contribution is 7.99. The molecule has 4 heteroatoms. The quantitative estimate of drug-likeness (QED) is 0.835. The van der Waals surface area contributed by atoms with Crippen LogP contribution in [0.15, 0.2) is 30.3 Å². The molecule has 20 heavy (non-hydrogen) atoms. The predicted octanol–water partition coefficient (Wildman–Crippen LogP) is 3.46. The molecule has 2 fully saturated rings. The summed E-state index contributed by atoms with van der Waals surface area (Å²) < 4.78 is 18.2. The van der Waals surface area contributed by atoms with Crippen molar-refractivity contribution >= 4 is 11.8 Å². The van der Waals surface area contributed by atoms with Crippen molar-refractivity contribution in [2.45, 2.75) is 37.8 Å². The van der Waals surface area contributed by atoms with Gasteiger partial charge in [0.05, 0.1) is 12.7 Å². The minimum Gasteiger partial charge on any atom is -0.359 e. The van der Waals surface area contributed by atoms with Crippen molar-refractivity contribution in [3.05, 3.63) is 35.9 Å². The van der Waals surface area contributed by atoms with Crippen molar-refractivity contribution in [3.8, 4) is 0 Å². The first kappa shape index (κ1) is 14.4. The first-order chi connectivity index (χ1) is 9.70. The number of fused-ring (bicyclic) bond motifs is 1. The molecule has 3 nitrogen and oxygen atoms in total. The van der Waals surface area contributed by atoms with E-state index in [1.165, 1.54) is 0 Å². The second kappa shape index (κ2) is 6.06. The summed E-state index contributed by atoms with van der Waals surface area (Å²) in [7, 11) is 0. The van der Waals surface area contributed by atoms with Gasteiger partial charge < -0.3 is 14.2 Å². The highest BCUT2D eigenvalue weighted by Gasteiger charge is 2.45. The third-order valence-corrected chi connectivity index (χ3v) is 5.45. The molecular formula is C16H22O3S. The topological polar surface area (TPSA) is 27.7 Å². The molecule has 2 heterocycles. The van der Waals surface area contributed by atoms with Crippen molar-refractivity contribution in [2.24, 2.45) is 11.8 Å². The van der Waals surface area contributed by atoms with Crippen molar-refractivity contribution in [1.29, 1.82) is 0 Å². The van der Waals surface area contributed by atoms with Crippen LogP contribution in [0.25, 0.3) is 0 Å². The fourth-order valence-corrected chi connectivity index (χ4v) is 3.96. The third kappa shape index (κ3) is 2.62. The normalized spacial score (nSPS) is 41.1. The Morgan fingerprint density at radius 2 is 1.80 bits per heavy atom. The van der Waals surface area contributed by atoms with Crippen LogP contribution in [0.1, 0.15) is 25.7 Å². The van der Waals surface area contributed by atoms with Crippen molar-refractivity contribution < 1.29 is 14.2 Å². The summed E-state index contributed by atoms with van der Waals surface area (Å²) in [4.78, 5) is 0. The molecule has 0 spiro atoms. The monoisotopic (exact) mass is 294 g/mol. The molecule has 3 rings (SSSR count). The first-order valence-electron chi connectivity index (χ1n) is 7.21. The average Bonchev–Trinajstić information content (AvgIpc) is 2.51. The SMILES string of the molecule is CS[C@@H]1OC2COC(c3ccccc3)O[C@@H]2[C@H](C)C1C. The summed E-state index contributed by atoms with van der Waals surface area (Å²) >= 11 is 1.78. The predicted molar refractivity (Wildman–Crippen MR) is 80.5 cm³/mol. The van der Waals surface area contributed by atoms with Crippen LogP contribution in [0.5, 0.6) is 0 Å². The van der Waals surface area contributed by atoms with Gasteiger partial charge in [0.15, 0.2) is 6.29 Å². The summed E-state index contributed by atoms with van der Waals surface area (Å²) in [5.41, 5.74) is 1.32. The van der Waals surface area contributed by atoms with Crippen LogP contribution < -0.4 is 0 Å². The van der Waals surface area contributed by atoms with Gasteiger partial charge >= 0.3 is 0 Å². The Hall–Kier alpha value is -0.550. The van der Waals surface area contributed by atoms with Crippen LogP contribution in [0.2, 0.25) is 0 Å². The van der Waals surface area contributed by atoms with Gasteiger partial charge in [0, 0.05) is 5.56 Å². The van der Waals surface area contributed by atoms with Gasteiger partial charge in [-0.1, -0.05) is 44.2 Å². The molecule has 0 radical (unpaired) electrons. The van der Waals surface area contributed by atoms with Gasteiger partial charge in [-0.2, -0.15) is 0 Å². The van der Waals surface area contributed by atoms with Gasteiger partial charge in [-0.25, -0.2) is 0 Å². The van der Waals surface area contributed by atoms with Crippen molar-refractivity contribution in [2.75, 3.05) is 12.9 Å². The zero-order valence-corrected chi connectivity index (χ0v) is 13.0. The number of hydrogen-bond donors (Lipinski definition) is 0. The summed E-state index contributed by atoms with van der Waals surface area (Å²) in [6.07, 6.45) is 2.01. The highest BCUT2D eigenvalue weighted by atomic mass is 32.2. The fraction of sp³-hybridized carbons (Fsp3) is 0.625. The standard InChI is InChI=1S/C16H22O3S/c1-10-11(2)16(20-3)18-13-9-17-15(19-14(10)13)12-7-5-4-6-8-12/h4-8,10-11,13-16H,9H2,1-3H3/t10-,11?,13?,14-,15?,16+/m1/s1. The Bertz CT molecular complexity index is 437. The minimum atomic E-state index is -0.262. The van der Waals surface area contributed by atoms with E-state index in [1.54, 1.807) is 11.8 Å². The van der Waals surface area contributed by atoms with Gasteiger partial charge in [0.25, 0.3) is 0 Å². The molecule has 0 aromatic heterocycles. The highest BCUT2D eigenvalue weighted by Crippen LogP contribution is 2.41.